The first-order chi connectivity index (χ1) is 18.1. The average molecular weight is 495 g/mol. The Balaban J connectivity index is 1.23. The summed E-state index contributed by atoms with van der Waals surface area (Å²) in [5.74, 6) is 2.04. The maximum absolute atomic E-state index is 14.8. The van der Waals surface area contributed by atoms with E-state index in [2.05, 4.69) is 80.6 Å². The molecule has 1 saturated carbocycles. The van der Waals surface area contributed by atoms with Gasteiger partial charge in [0.25, 0.3) is 0 Å². The van der Waals surface area contributed by atoms with Gasteiger partial charge < -0.3 is 0 Å². The van der Waals surface area contributed by atoms with E-state index in [1.807, 2.05) is 24.3 Å². The fourth-order valence-corrected chi connectivity index (χ4v) is 5.75. The molecule has 0 radical (unpaired) electrons. The monoisotopic (exact) mass is 494 g/mol. The largest absolute Gasteiger partial charge is 0.206 e. The van der Waals surface area contributed by atoms with Crippen LogP contribution in [0.4, 0.5) is 4.39 Å². The third kappa shape index (κ3) is 8.56. The molecule has 0 saturated heterocycles. The molecule has 0 amide bonds. The maximum atomic E-state index is 14.8. The predicted molar refractivity (Wildman–Crippen MR) is 158 cm³/mol. The summed E-state index contributed by atoms with van der Waals surface area (Å²) in [6.07, 6.45) is 19.9. The number of benzene rings is 3. The Morgan fingerprint density at radius 3 is 2.16 bits per heavy atom. The van der Waals surface area contributed by atoms with Crippen LogP contribution in [0.3, 0.4) is 0 Å². The van der Waals surface area contributed by atoms with Gasteiger partial charge in [0.15, 0.2) is 0 Å². The molecule has 1 fully saturated rings. The zero-order chi connectivity index (χ0) is 25.9. The smallest absolute Gasteiger partial charge is 0.130 e. The molecule has 1 heteroatoms. The van der Waals surface area contributed by atoms with E-state index in [0.717, 1.165) is 35.8 Å². The van der Waals surface area contributed by atoms with E-state index in [0.29, 0.717) is 11.5 Å². The van der Waals surface area contributed by atoms with Crippen molar-refractivity contribution < 1.29 is 4.39 Å². The van der Waals surface area contributed by atoms with Crippen molar-refractivity contribution in [3.8, 4) is 0 Å². The van der Waals surface area contributed by atoms with Crippen molar-refractivity contribution in [1.82, 2.24) is 0 Å². The molecule has 0 spiro atoms. The van der Waals surface area contributed by atoms with Crippen LogP contribution >= 0.6 is 0 Å². The second-order valence-corrected chi connectivity index (χ2v) is 11.0. The summed E-state index contributed by atoms with van der Waals surface area (Å²) >= 11 is 0. The van der Waals surface area contributed by atoms with Gasteiger partial charge in [-0.2, -0.15) is 0 Å². The van der Waals surface area contributed by atoms with Crippen LogP contribution in [0, 0.1) is 17.7 Å². The molecule has 0 heterocycles. The molecule has 3 aromatic carbocycles. The molecule has 4 rings (SSSR count). The van der Waals surface area contributed by atoms with Crippen LogP contribution in [0.15, 0.2) is 84.9 Å². The van der Waals surface area contributed by atoms with Crippen LogP contribution in [0.1, 0.15) is 92.5 Å². The molecule has 1 aliphatic carbocycles. The Labute approximate surface area is 224 Å². The summed E-state index contributed by atoms with van der Waals surface area (Å²) in [6, 6.07) is 24.9. The average Bonchev–Trinajstić information content (AvgIpc) is 2.93. The molecule has 3 aromatic rings. The van der Waals surface area contributed by atoms with Gasteiger partial charge in [0, 0.05) is 5.56 Å². The van der Waals surface area contributed by atoms with Crippen molar-refractivity contribution in [3.63, 3.8) is 0 Å². The maximum Gasteiger partial charge on any atom is 0.130 e. The molecule has 37 heavy (non-hydrogen) atoms. The highest BCUT2D eigenvalue weighted by molar-refractivity contribution is 5.70. The standard InChI is InChI=1S/C36H43F/c1-3-4-6-9-29-12-14-30(15-13-29)16-17-31-18-20-32(21-19-31)22-24-35-25-23-33(27-36(35)37)26-28(2)34-10-7-5-8-11-34/h3-5,7-8,10-11,18-25,27-30H,6,9,12-17,26H2,1-2H3/t28-,29?,30?/m0/s1. The van der Waals surface area contributed by atoms with E-state index >= 15 is 0 Å². The summed E-state index contributed by atoms with van der Waals surface area (Å²) < 4.78 is 14.8. The minimum Gasteiger partial charge on any atom is -0.206 e. The van der Waals surface area contributed by atoms with Crippen LogP contribution in [-0.4, -0.2) is 0 Å². The normalized spacial score (nSPS) is 19.0. The van der Waals surface area contributed by atoms with Gasteiger partial charge in [-0.1, -0.05) is 124 Å². The van der Waals surface area contributed by atoms with Crippen molar-refractivity contribution in [1.29, 1.82) is 0 Å². The first-order valence-electron chi connectivity index (χ1n) is 14.3. The van der Waals surface area contributed by atoms with Crippen LogP contribution < -0.4 is 0 Å². The quantitative estimate of drug-likeness (QED) is 0.184. The highest BCUT2D eigenvalue weighted by atomic mass is 19.1. The van der Waals surface area contributed by atoms with E-state index in [-0.39, 0.29) is 5.82 Å². The van der Waals surface area contributed by atoms with E-state index < -0.39 is 0 Å². The van der Waals surface area contributed by atoms with Crippen molar-refractivity contribution >= 4 is 12.2 Å². The second kappa shape index (κ2) is 14.1. The van der Waals surface area contributed by atoms with E-state index in [1.165, 1.54) is 56.1 Å². The Morgan fingerprint density at radius 1 is 0.811 bits per heavy atom. The van der Waals surface area contributed by atoms with Gasteiger partial charge in [-0.3, -0.25) is 0 Å². The third-order valence-corrected chi connectivity index (χ3v) is 8.20. The summed E-state index contributed by atoms with van der Waals surface area (Å²) in [6.45, 7) is 4.31. The van der Waals surface area contributed by atoms with Crippen LogP contribution in [0.5, 0.6) is 0 Å². The molecule has 0 bridgehead atoms. The van der Waals surface area contributed by atoms with Gasteiger partial charge in [-0.25, -0.2) is 4.39 Å². The predicted octanol–water partition coefficient (Wildman–Crippen LogP) is 10.4. The lowest BCUT2D eigenvalue weighted by Crippen LogP contribution is -2.15. The summed E-state index contributed by atoms with van der Waals surface area (Å²) in [7, 11) is 0. The number of hydrogen-bond acceptors (Lipinski definition) is 0. The minimum atomic E-state index is -0.151. The molecule has 0 nitrogen and oxygen atoms in total. The molecule has 1 atom stereocenters. The van der Waals surface area contributed by atoms with Crippen LogP contribution in [0.25, 0.3) is 12.2 Å². The highest BCUT2D eigenvalue weighted by Gasteiger charge is 2.20. The molecule has 0 unspecified atom stereocenters. The Kier molecular flexibility index (Phi) is 10.4. The summed E-state index contributed by atoms with van der Waals surface area (Å²) in [5, 5.41) is 0. The molecule has 1 aliphatic rings. The summed E-state index contributed by atoms with van der Waals surface area (Å²) in [5.41, 5.74) is 5.50. The van der Waals surface area contributed by atoms with E-state index in [9.17, 15) is 4.39 Å². The molecular formula is C36H43F. The lowest BCUT2D eigenvalue weighted by atomic mass is 9.78. The van der Waals surface area contributed by atoms with E-state index in [4.69, 9.17) is 0 Å². The van der Waals surface area contributed by atoms with Crippen molar-refractivity contribution in [2.75, 3.05) is 0 Å². The number of hydrogen-bond donors (Lipinski definition) is 0. The van der Waals surface area contributed by atoms with Gasteiger partial charge >= 0.3 is 0 Å². The Morgan fingerprint density at radius 2 is 1.49 bits per heavy atom. The number of allylic oxidation sites excluding steroid dienone is 2. The van der Waals surface area contributed by atoms with Gasteiger partial charge in [0.2, 0.25) is 0 Å². The molecule has 194 valence electrons. The lowest BCUT2D eigenvalue weighted by molar-refractivity contribution is 0.254. The van der Waals surface area contributed by atoms with Crippen molar-refractivity contribution in [2.45, 2.75) is 77.6 Å². The van der Waals surface area contributed by atoms with Crippen molar-refractivity contribution in [3.05, 3.63) is 119 Å². The first-order valence-corrected chi connectivity index (χ1v) is 14.3. The van der Waals surface area contributed by atoms with Gasteiger partial charge in [0.1, 0.15) is 5.82 Å². The Hall–Kier alpha value is -2.93. The topological polar surface area (TPSA) is 0 Å². The molecular weight excluding hydrogens is 451 g/mol. The number of aryl methyl sites for hydroxylation is 1. The number of halogens is 1. The van der Waals surface area contributed by atoms with Gasteiger partial charge in [0.05, 0.1) is 0 Å². The fourth-order valence-electron chi connectivity index (χ4n) is 5.75. The zero-order valence-corrected chi connectivity index (χ0v) is 22.7. The highest BCUT2D eigenvalue weighted by Crippen LogP contribution is 2.34. The minimum absolute atomic E-state index is 0.151. The van der Waals surface area contributed by atoms with E-state index in [1.54, 1.807) is 6.07 Å². The molecule has 0 aliphatic heterocycles. The lowest BCUT2D eigenvalue weighted by Gasteiger charge is -2.28. The fraction of sp³-hybridized carbons (Fsp3) is 0.389. The zero-order valence-electron chi connectivity index (χ0n) is 22.7. The van der Waals surface area contributed by atoms with Gasteiger partial charge in [-0.05, 0) is 85.1 Å². The SMILES string of the molecule is CC=CCCC1CCC(CCc2ccc(C=Cc3ccc(C[C@H](C)c4ccccc4)cc3F)cc2)CC1. The Bertz CT molecular complexity index is 1130. The van der Waals surface area contributed by atoms with Crippen LogP contribution in [-0.2, 0) is 12.8 Å². The number of rotatable bonds is 11. The van der Waals surface area contributed by atoms with Gasteiger partial charge in [-0.15, -0.1) is 0 Å². The molecule has 0 N–H and O–H groups in total. The third-order valence-electron chi connectivity index (χ3n) is 8.20. The van der Waals surface area contributed by atoms with Crippen LogP contribution in [0.2, 0.25) is 0 Å². The van der Waals surface area contributed by atoms with Crippen molar-refractivity contribution in [2.24, 2.45) is 11.8 Å². The molecule has 0 aromatic heterocycles. The second-order valence-electron chi connectivity index (χ2n) is 11.0. The summed E-state index contributed by atoms with van der Waals surface area (Å²) in [4.78, 5) is 0. The first kappa shape index (κ1) is 27.1.